The molecule has 0 saturated heterocycles. The Morgan fingerprint density at radius 1 is 1.43 bits per heavy atom. The maximum atomic E-state index is 8.80. The zero-order valence-electron chi connectivity index (χ0n) is 12.8. The number of rotatable bonds is 3. The normalized spacial score (nSPS) is 17.5. The summed E-state index contributed by atoms with van der Waals surface area (Å²) >= 11 is 1.83. The Morgan fingerprint density at radius 2 is 2.24 bits per heavy atom. The van der Waals surface area contributed by atoms with Gasteiger partial charge in [-0.3, -0.25) is 0 Å². The van der Waals surface area contributed by atoms with E-state index in [0.717, 1.165) is 35.2 Å². The molecule has 0 aliphatic heterocycles. The van der Waals surface area contributed by atoms with Crippen LogP contribution in [-0.4, -0.2) is 23.6 Å². The van der Waals surface area contributed by atoms with Gasteiger partial charge in [0.15, 0.2) is 0 Å². The molecule has 0 spiro atoms. The van der Waals surface area contributed by atoms with E-state index in [9.17, 15) is 0 Å². The van der Waals surface area contributed by atoms with Crippen molar-refractivity contribution >= 4 is 27.4 Å². The predicted molar refractivity (Wildman–Crippen MR) is 86.8 cm³/mol. The van der Waals surface area contributed by atoms with Crippen LogP contribution in [0, 0.1) is 24.2 Å². The maximum absolute atomic E-state index is 8.80. The highest BCUT2D eigenvalue weighted by Gasteiger charge is 2.24. The summed E-state index contributed by atoms with van der Waals surface area (Å²) in [5, 5.41) is 10.0. The van der Waals surface area contributed by atoms with Gasteiger partial charge in [0, 0.05) is 18.5 Å². The molecule has 0 amide bonds. The average molecular weight is 300 g/mol. The van der Waals surface area contributed by atoms with E-state index in [2.05, 4.69) is 27.9 Å². The summed E-state index contributed by atoms with van der Waals surface area (Å²) in [5.74, 6) is 2.58. The van der Waals surface area contributed by atoms with Gasteiger partial charge < -0.3 is 4.90 Å². The van der Waals surface area contributed by atoms with Crippen molar-refractivity contribution in [3.63, 3.8) is 0 Å². The predicted octanol–water partition coefficient (Wildman–Crippen LogP) is 3.47. The van der Waals surface area contributed by atoms with Crippen molar-refractivity contribution in [2.45, 2.75) is 39.5 Å². The molecule has 1 aliphatic rings. The quantitative estimate of drug-likeness (QED) is 0.871. The smallest absolute Gasteiger partial charge is 0.141 e. The lowest BCUT2D eigenvalue weighted by Gasteiger charge is -2.21. The Balaban J connectivity index is 2.13. The molecule has 21 heavy (non-hydrogen) atoms. The fourth-order valence-electron chi connectivity index (χ4n) is 3.03. The van der Waals surface area contributed by atoms with E-state index in [0.29, 0.717) is 13.0 Å². The lowest BCUT2D eigenvalue weighted by molar-refractivity contribution is 0.509. The molecule has 1 aliphatic carbocycles. The van der Waals surface area contributed by atoms with Crippen LogP contribution in [0.2, 0.25) is 0 Å². The van der Waals surface area contributed by atoms with Crippen molar-refractivity contribution in [3.05, 3.63) is 16.3 Å². The van der Waals surface area contributed by atoms with Crippen LogP contribution in [0.15, 0.2) is 0 Å². The highest BCUT2D eigenvalue weighted by molar-refractivity contribution is 7.19. The molecular weight excluding hydrogens is 280 g/mol. The van der Waals surface area contributed by atoms with Gasteiger partial charge in [-0.05, 0) is 37.7 Å². The molecule has 0 bridgehead atoms. The second-order valence-corrected chi connectivity index (χ2v) is 7.04. The molecule has 3 rings (SSSR count). The van der Waals surface area contributed by atoms with Gasteiger partial charge in [0.2, 0.25) is 0 Å². The molecule has 4 nitrogen and oxygen atoms in total. The minimum absolute atomic E-state index is 0.518. The van der Waals surface area contributed by atoms with Crippen LogP contribution in [0.25, 0.3) is 10.2 Å². The Hall–Kier alpha value is -1.67. The summed E-state index contributed by atoms with van der Waals surface area (Å²) in [6.07, 6.45) is 4.05. The van der Waals surface area contributed by atoms with Gasteiger partial charge in [-0.15, -0.1) is 11.3 Å². The molecule has 0 fully saturated rings. The summed E-state index contributed by atoms with van der Waals surface area (Å²) in [5.41, 5.74) is 1.45. The van der Waals surface area contributed by atoms with Crippen molar-refractivity contribution in [1.29, 1.82) is 5.26 Å². The number of aromatic nitrogens is 2. The van der Waals surface area contributed by atoms with Gasteiger partial charge in [-0.1, -0.05) is 6.92 Å². The molecule has 0 unspecified atom stereocenters. The van der Waals surface area contributed by atoms with E-state index in [1.54, 1.807) is 0 Å². The second kappa shape index (κ2) is 5.61. The molecular formula is C16H20N4S. The van der Waals surface area contributed by atoms with E-state index < -0.39 is 0 Å². The van der Waals surface area contributed by atoms with Crippen LogP contribution in [0.3, 0.4) is 0 Å². The summed E-state index contributed by atoms with van der Waals surface area (Å²) in [6, 6.07) is 2.21. The third-order valence-corrected chi connectivity index (χ3v) is 5.32. The number of anilines is 1. The monoisotopic (exact) mass is 300 g/mol. The molecule has 0 N–H and O–H groups in total. The lowest BCUT2D eigenvalue weighted by atomic mass is 9.89. The lowest BCUT2D eigenvalue weighted by Crippen LogP contribution is -2.20. The van der Waals surface area contributed by atoms with Crippen molar-refractivity contribution in [1.82, 2.24) is 9.97 Å². The van der Waals surface area contributed by atoms with Crippen LogP contribution < -0.4 is 4.90 Å². The van der Waals surface area contributed by atoms with Crippen molar-refractivity contribution in [2.75, 3.05) is 18.5 Å². The summed E-state index contributed by atoms with van der Waals surface area (Å²) < 4.78 is 0. The van der Waals surface area contributed by atoms with Crippen LogP contribution >= 0.6 is 11.3 Å². The molecule has 5 heteroatoms. The van der Waals surface area contributed by atoms with Crippen LogP contribution in [0.1, 0.15) is 36.0 Å². The zero-order valence-corrected chi connectivity index (χ0v) is 13.6. The van der Waals surface area contributed by atoms with Crippen molar-refractivity contribution in [2.24, 2.45) is 5.92 Å². The minimum atomic E-state index is 0.518. The number of thiophene rings is 1. The van der Waals surface area contributed by atoms with Gasteiger partial charge in [0.05, 0.1) is 17.9 Å². The van der Waals surface area contributed by atoms with Crippen molar-refractivity contribution < 1.29 is 0 Å². The van der Waals surface area contributed by atoms with Crippen LogP contribution in [0.5, 0.6) is 0 Å². The van der Waals surface area contributed by atoms with Gasteiger partial charge in [-0.2, -0.15) is 5.26 Å². The number of hydrogen-bond donors (Lipinski definition) is 0. The SMILES string of the molecule is Cc1nc(N(C)CCC#N)c2c3c(sc2n1)C[C@@H](C)CC3. The largest absolute Gasteiger partial charge is 0.358 e. The van der Waals surface area contributed by atoms with Gasteiger partial charge in [0.1, 0.15) is 16.5 Å². The third-order valence-electron chi connectivity index (χ3n) is 4.17. The fraction of sp³-hybridized carbons (Fsp3) is 0.562. The van der Waals surface area contributed by atoms with E-state index in [-0.39, 0.29) is 0 Å². The highest BCUT2D eigenvalue weighted by atomic mass is 32.1. The molecule has 1 atom stereocenters. The Kier molecular flexibility index (Phi) is 3.81. The number of fused-ring (bicyclic) bond motifs is 3. The zero-order chi connectivity index (χ0) is 15.0. The third kappa shape index (κ3) is 2.60. The highest BCUT2D eigenvalue weighted by Crippen LogP contribution is 2.40. The fourth-order valence-corrected chi connectivity index (χ4v) is 4.45. The van der Waals surface area contributed by atoms with E-state index in [1.165, 1.54) is 22.2 Å². The maximum Gasteiger partial charge on any atom is 0.141 e. The number of nitrogens with zero attached hydrogens (tertiary/aromatic N) is 4. The van der Waals surface area contributed by atoms with Gasteiger partial charge in [-0.25, -0.2) is 9.97 Å². The molecule has 2 aromatic rings. The standard InChI is InChI=1S/C16H20N4S/c1-10-5-6-12-13(9-10)21-16-14(12)15(18-11(2)19-16)20(3)8-4-7-17/h10H,4-6,8-9H2,1-3H3/t10-/m0/s1. The van der Waals surface area contributed by atoms with E-state index in [1.807, 2.05) is 25.3 Å². The molecule has 110 valence electrons. The van der Waals surface area contributed by atoms with Gasteiger partial charge in [0.25, 0.3) is 0 Å². The van der Waals surface area contributed by atoms with Crippen LogP contribution in [0.4, 0.5) is 5.82 Å². The topological polar surface area (TPSA) is 52.8 Å². The number of hydrogen-bond acceptors (Lipinski definition) is 5. The minimum Gasteiger partial charge on any atom is -0.358 e. The van der Waals surface area contributed by atoms with E-state index >= 15 is 0 Å². The number of nitriles is 1. The van der Waals surface area contributed by atoms with E-state index in [4.69, 9.17) is 5.26 Å². The second-order valence-electron chi connectivity index (χ2n) is 5.96. The Bertz CT molecular complexity index is 713. The molecule has 0 radical (unpaired) electrons. The Labute approximate surface area is 129 Å². The van der Waals surface area contributed by atoms with Gasteiger partial charge >= 0.3 is 0 Å². The van der Waals surface area contributed by atoms with Crippen molar-refractivity contribution in [3.8, 4) is 6.07 Å². The Morgan fingerprint density at radius 3 is 3.00 bits per heavy atom. The first-order chi connectivity index (χ1) is 10.1. The molecule has 0 saturated carbocycles. The molecule has 2 heterocycles. The first kappa shape index (κ1) is 14.3. The summed E-state index contributed by atoms with van der Waals surface area (Å²) in [4.78, 5) is 14.0. The van der Waals surface area contributed by atoms with Crippen LogP contribution in [-0.2, 0) is 12.8 Å². The summed E-state index contributed by atoms with van der Waals surface area (Å²) in [7, 11) is 2.02. The summed E-state index contributed by atoms with van der Waals surface area (Å²) in [6.45, 7) is 4.98. The first-order valence-corrected chi connectivity index (χ1v) is 8.28. The molecule has 2 aromatic heterocycles. The number of aryl methyl sites for hydroxylation is 2. The average Bonchev–Trinajstić information content (AvgIpc) is 2.80. The first-order valence-electron chi connectivity index (χ1n) is 7.47. The molecule has 0 aromatic carbocycles.